The van der Waals surface area contributed by atoms with Gasteiger partial charge in [-0.1, -0.05) is 0 Å². The van der Waals surface area contributed by atoms with Gasteiger partial charge in [-0.2, -0.15) is 5.10 Å². The number of benzene rings is 1. The number of fused-ring (bicyclic) bond motifs is 1. The molecule has 0 fully saturated rings. The number of amides is 1. The van der Waals surface area contributed by atoms with Gasteiger partial charge in [-0.05, 0) is 6.92 Å². The number of nitrogens with zero attached hydrogens (tertiary/aromatic N) is 2. The number of primary amides is 1. The molecular weight excluding hydrogens is 241 g/mol. The number of carbonyl (C=O) groups is 1. The van der Waals surface area contributed by atoms with Crippen LogP contribution >= 0.6 is 0 Å². The van der Waals surface area contributed by atoms with Crippen molar-refractivity contribution in [3.8, 4) is 11.5 Å². The summed E-state index contributed by atoms with van der Waals surface area (Å²) < 4.78 is 25.3. The minimum absolute atomic E-state index is 0.0646. The Labute approximate surface area is 102 Å². The van der Waals surface area contributed by atoms with Gasteiger partial charge in [0.15, 0.2) is 11.5 Å². The summed E-state index contributed by atoms with van der Waals surface area (Å²) >= 11 is 0. The van der Waals surface area contributed by atoms with Gasteiger partial charge in [-0.3, -0.25) is 4.68 Å². The summed E-state index contributed by atoms with van der Waals surface area (Å²) in [6, 6.07) is 1.05. The number of hydrogen-bond acceptors (Lipinski definition) is 4. The largest absolute Gasteiger partial charge is 0.491 e. The third kappa shape index (κ3) is 1.83. The van der Waals surface area contributed by atoms with Crippen molar-refractivity contribution >= 4 is 17.0 Å². The van der Waals surface area contributed by atoms with Crippen LogP contribution in [0.15, 0.2) is 12.3 Å². The van der Waals surface area contributed by atoms with Crippen molar-refractivity contribution in [1.82, 2.24) is 9.78 Å². The summed E-state index contributed by atoms with van der Waals surface area (Å²) in [5.41, 5.74) is 5.35. The molecule has 2 N–H and O–H groups in total. The molecule has 1 aromatic carbocycles. The monoisotopic (exact) mass is 253 g/mol. The second-order valence-electron chi connectivity index (χ2n) is 3.53. The lowest BCUT2D eigenvalue weighted by molar-refractivity contribution is 0.208. The minimum Gasteiger partial charge on any atom is -0.491 e. The first-order valence-electron chi connectivity index (χ1n) is 5.27. The van der Waals surface area contributed by atoms with Crippen molar-refractivity contribution in [1.29, 1.82) is 0 Å². The maximum absolute atomic E-state index is 13.8. The van der Waals surface area contributed by atoms with Crippen molar-refractivity contribution < 1.29 is 18.7 Å². The molecule has 0 aliphatic heterocycles. The number of aromatic nitrogens is 2. The molecule has 2 rings (SSSR count). The number of ether oxygens (including phenoxy) is 2. The highest BCUT2D eigenvalue weighted by Crippen LogP contribution is 2.37. The molecule has 1 heterocycles. The Morgan fingerprint density at radius 3 is 2.89 bits per heavy atom. The first kappa shape index (κ1) is 12.2. The molecule has 0 saturated heterocycles. The van der Waals surface area contributed by atoms with Crippen LogP contribution in [0.5, 0.6) is 11.5 Å². The number of carbonyl (C=O) groups excluding carboxylic acids is 1. The van der Waals surface area contributed by atoms with Crippen LogP contribution in [-0.4, -0.2) is 23.0 Å². The lowest BCUT2D eigenvalue weighted by atomic mass is 10.2. The lowest BCUT2D eigenvalue weighted by Gasteiger charge is -2.11. The Morgan fingerprint density at radius 1 is 1.61 bits per heavy atom. The first-order valence-corrected chi connectivity index (χ1v) is 5.27. The van der Waals surface area contributed by atoms with Gasteiger partial charge in [0.05, 0.1) is 18.7 Å². The number of methoxy groups -OCH3 is 1. The van der Waals surface area contributed by atoms with E-state index in [9.17, 15) is 9.18 Å². The van der Waals surface area contributed by atoms with Gasteiger partial charge in [0, 0.05) is 12.6 Å². The highest BCUT2D eigenvalue weighted by atomic mass is 19.1. The molecule has 1 amide bonds. The molecule has 0 aliphatic carbocycles. The molecule has 2 aromatic rings. The van der Waals surface area contributed by atoms with Crippen LogP contribution in [0.25, 0.3) is 10.9 Å². The maximum atomic E-state index is 13.8. The van der Waals surface area contributed by atoms with E-state index in [1.165, 1.54) is 13.3 Å². The standard InChI is InChI=1S/C11H12FN3O3/c1-3-15-9-6(5-14-15)7(12)4-8(10(9)17-2)18-11(13)16/h4-5H,3H2,1-2H3,(H2,13,16). The van der Waals surface area contributed by atoms with E-state index in [4.69, 9.17) is 15.2 Å². The van der Waals surface area contributed by atoms with Crippen molar-refractivity contribution in [2.75, 3.05) is 7.11 Å². The van der Waals surface area contributed by atoms with E-state index < -0.39 is 11.9 Å². The van der Waals surface area contributed by atoms with E-state index in [2.05, 4.69) is 5.10 Å². The zero-order chi connectivity index (χ0) is 13.3. The van der Waals surface area contributed by atoms with Crippen molar-refractivity contribution in [2.45, 2.75) is 13.5 Å². The topological polar surface area (TPSA) is 79.4 Å². The number of rotatable bonds is 3. The molecule has 0 atom stereocenters. The van der Waals surface area contributed by atoms with Crippen LogP contribution < -0.4 is 15.2 Å². The number of nitrogens with two attached hydrogens (primary N) is 1. The summed E-state index contributed by atoms with van der Waals surface area (Å²) in [5, 5.41) is 4.33. The normalized spacial score (nSPS) is 10.6. The quantitative estimate of drug-likeness (QED) is 0.902. The highest BCUT2D eigenvalue weighted by Gasteiger charge is 2.19. The number of halogens is 1. The molecular formula is C11H12FN3O3. The predicted octanol–water partition coefficient (Wildman–Crippen LogP) is 1.66. The van der Waals surface area contributed by atoms with Crippen LogP contribution in [0.4, 0.5) is 9.18 Å². The Morgan fingerprint density at radius 2 is 2.33 bits per heavy atom. The van der Waals surface area contributed by atoms with E-state index >= 15 is 0 Å². The smallest absolute Gasteiger partial charge is 0.410 e. The predicted molar refractivity (Wildman–Crippen MR) is 62.1 cm³/mol. The highest BCUT2D eigenvalue weighted by molar-refractivity contribution is 5.89. The van der Waals surface area contributed by atoms with Crippen molar-refractivity contribution in [2.24, 2.45) is 5.73 Å². The average molecular weight is 253 g/mol. The number of aryl methyl sites for hydroxylation is 1. The average Bonchev–Trinajstić information content (AvgIpc) is 2.73. The van der Waals surface area contributed by atoms with Crippen LogP contribution in [0, 0.1) is 5.82 Å². The van der Waals surface area contributed by atoms with Crippen molar-refractivity contribution in [3.63, 3.8) is 0 Å². The van der Waals surface area contributed by atoms with Gasteiger partial charge in [-0.25, -0.2) is 9.18 Å². The van der Waals surface area contributed by atoms with E-state index in [1.54, 1.807) is 4.68 Å². The maximum Gasteiger partial charge on any atom is 0.410 e. The third-order valence-corrected chi connectivity index (χ3v) is 2.51. The fourth-order valence-corrected chi connectivity index (χ4v) is 1.80. The van der Waals surface area contributed by atoms with Crippen LogP contribution in [0.2, 0.25) is 0 Å². The lowest BCUT2D eigenvalue weighted by Crippen LogP contribution is -2.17. The Bertz CT molecular complexity index is 609. The Hall–Kier alpha value is -2.31. The molecule has 7 heteroatoms. The van der Waals surface area contributed by atoms with Gasteiger partial charge >= 0.3 is 6.09 Å². The van der Waals surface area contributed by atoms with Crippen LogP contribution in [0.3, 0.4) is 0 Å². The van der Waals surface area contributed by atoms with Gasteiger partial charge in [0.1, 0.15) is 11.3 Å². The zero-order valence-electron chi connectivity index (χ0n) is 9.94. The summed E-state index contributed by atoms with van der Waals surface area (Å²) in [6.45, 7) is 2.38. The summed E-state index contributed by atoms with van der Waals surface area (Å²) in [6.07, 6.45) is 0.361. The first-order chi connectivity index (χ1) is 8.58. The van der Waals surface area contributed by atoms with E-state index in [0.29, 0.717) is 17.4 Å². The molecule has 0 saturated carbocycles. The molecule has 96 valence electrons. The number of hydrogen-bond donors (Lipinski definition) is 1. The molecule has 0 unspecified atom stereocenters. The fraction of sp³-hybridized carbons (Fsp3) is 0.273. The SMILES string of the molecule is CCn1ncc2c(F)cc(OC(N)=O)c(OC)c21. The molecule has 0 bridgehead atoms. The van der Waals surface area contributed by atoms with E-state index in [1.807, 2.05) is 6.92 Å². The minimum atomic E-state index is -1.03. The summed E-state index contributed by atoms with van der Waals surface area (Å²) in [5.74, 6) is -0.392. The second kappa shape index (κ2) is 4.52. The van der Waals surface area contributed by atoms with Gasteiger partial charge < -0.3 is 15.2 Å². The van der Waals surface area contributed by atoms with Gasteiger partial charge in [-0.15, -0.1) is 0 Å². The summed E-state index contributed by atoms with van der Waals surface area (Å²) in [7, 11) is 1.40. The van der Waals surface area contributed by atoms with Gasteiger partial charge in [0.25, 0.3) is 0 Å². The van der Waals surface area contributed by atoms with Crippen LogP contribution in [0.1, 0.15) is 6.92 Å². The van der Waals surface area contributed by atoms with Crippen molar-refractivity contribution in [3.05, 3.63) is 18.1 Å². The Kier molecular flexibility index (Phi) is 3.05. The molecule has 18 heavy (non-hydrogen) atoms. The van der Waals surface area contributed by atoms with E-state index in [0.717, 1.165) is 6.07 Å². The molecule has 0 aliphatic rings. The zero-order valence-corrected chi connectivity index (χ0v) is 9.94. The van der Waals surface area contributed by atoms with Gasteiger partial charge in [0.2, 0.25) is 0 Å². The Balaban J connectivity index is 2.75. The molecule has 6 nitrogen and oxygen atoms in total. The van der Waals surface area contributed by atoms with Crippen LogP contribution in [-0.2, 0) is 6.54 Å². The molecule has 0 radical (unpaired) electrons. The summed E-state index contributed by atoms with van der Waals surface area (Å²) in [4.78, 5) is 10.8. The fourth-order valence-electron chi connectivity index (χ4n) is 1.80. The van der Waals surface area contributed by atoms with E-state index in [-0.39, 0.29) is 11.5 Å². The molecule has 0 spiro atoms. The third-order valence-electron chi connectivity index (χ3n) is 2.51. The molecule has 1 aromatic heterocycles. The second-order valence-corrected chi connectivity index (χ2v) is 3.53.